The Morgan fingerprint density at radius 2 is 2.12 bits per heavy atom. The first-order valence-corrected chi connectivity index (χ1v) is 8.64. The number of halogens is 1. The minimum Gasteiger partial charge on any atom is -0.383 e. The summed E-state index contributed by atoms with van der Waals surface area (Å²) in [5.74, 6) is 0.851. The van der Waals surface area contributed by atoms with Crippen LogP contribution >= 0.6 is 24.0 Å². The van der Waals surface area contributed by atoms with Gasteiger partial charge in [-0.15, -0.1) is 24.0 Å². The Bertz CT molecular complexity index is 400. The maximum atomic E-state index is 11.8. The predicted molar refractivity (Wildman–Crippen MR) is 110 cm³/mol. The summed E-state index contributed by atoms with van der Waals surface area (Å²) in [6, 6.07) is 0. The van der Waals surface area contributed by atoms with E-state index in [-0.39, 0.29) is 36.4 Å². The second-order valence-electron chi connectivity index (χ2n) is 6.93. The van der Waals surface area contributed by atoms with Crippen molar-refractivity contribution < 1.29 is 9.53 Å². The van der Waals surface area contributed by atoms with Gasteiger partial charge in [-0.3, -0.25) is 4.79 Å². The van der Waals surface area contributed by atoms with Crippen LogP contribution in [0.5, 0.6) is 0 Å². The van der Waals surface area contributed by atoms with Gasteiger partial charge in [-0.25, -0.2) is 4.99 Å². The highest BCUT2D eigenvalue weighted by atomic mass is 127. The molecule has 0 aliphatic carbocycles. The third-order valence-corrected chi connectivity index (χ3v) is 4.39. The largest absolute Gasteiger partial charge is 0.383 e. The number of nitrogens with zero attached hydrogens (tertiary/aromatic N) is 3. The molecule has 6 nitrogen and oxygen atoms in total. The molecule has 1 unspecified atom stereocenters. The van der Waals surface area contributed by atoms with Gasteiger partial charge in [0.2, 0.25) is 5.91 Å². The summed E-state index contributed by atoms with van der Waals surface area (Å²) in [5.41, 5.74) is 0.336. The summed E-state index contributed by atoms with van der Waals surface area (Å²) in [6.45, 7) is 8.10. The Kier molecular flexibility index (Phi) is 11.6. The fourth-order valence-electron chi connectivity index (χ4n) is 3.12. The van der Waals surface area contributed by atoms with Gasteiger partial charge >= 0.3 is 0 Å². The highest BCUT2D eigenvalue weighted by molar-refractivity contribution is 14.0. The second kappa shape index (κ2) is 11.9. The zero-order valence-corrected chi connectivity index (χ0v) is 18.3. The van der Waals surface area contributed by atoms with Crippen LogP contribution in [0, 0.1) is 5.41 Å². The SMILES string of the molecule is CCCC1(C)CCCN(C(=NCC(=O)N(C)C)NCCOC)C1.I. The molecule has 1 N–H and O–H groups in total. The molecule has 1 amide bonds. The standard InChI is InChI=1S/C17H34N4O2.HI/c1-6-8-17(2)9-7-11-21(14-17)16(18-10-12-23-5)19-13-15(22)20(3)4;/h6-14H2,1-5H3,(H,18,19);1H. The summed E-state index contributed by atoms with van der Waals surface area (Å²) in [7, 11) is 5.21. The van der Waals surface area contributed by atoms with Crippen molar-refractivity contribution in [1.29, 1.82) is 0 Å². The number of likely N-dealkylation sites (N-methyl/N-ethyl adjacent to an activating group) is 1. The Morgan fingerprint density at radius 3 is 2.71 bits per heavy atom. The molecular formula is C17H35IN4O2. The number of carbonyl (C=O) groups excluding carboxylic acids is 1. The van der Waals surface area contributed by atoms with Crippen molar-refractivity contribution in [2.75, 3.05) is 54.0 Å². The molecule has 0 aromatic carbocycles. The van der Waals surface area contributed by atoms with Crippen molar-refractivity contribution in [2.24, 2.45) is 10.4 Å². The van der Waals surface area contributed by atoms with Crippen molar-refractivity contribution in [2.45, 2.75) is 39.5 Å². The Balaban J connectivity index is 0.00000529. The van der Waals surface area contributed by atoms with Gasteiger partial charge in [0.05, 0.1) is 6.61 Å². The normalized spacial score (nSPS) is 21.2. The van der Waals surface area contributed by atoms with E-state index in [9.17, 15) is 4.79 Å². The minimum absolute atomic E-state index is 0. The monoisotopic (exact) mass is 454 g/mol. The number of rotatable bonds is 7. The van der Waals surface area contributed by atoms with Crippen molar-refractivity contribution in [3.63, 3.8) is 0 Å². The fourth-order valence-corrected chi connectivity index (χ4v) is 3.12. The summed E-state index contributed by atoms with van der Waals surface area (Å²) in [4.78, 5) is 20.3. The van der Waals surface area contributed by atoms with Crippen LogP contribution in [0.3, 0.4) is 0 Å². The minimum atomic E-state index is 0. The van der Waals surface area contributed by atoms with Crippen molar-refractivity contribution in [3.05, 3.63) is 0 Å². The molecule has 0 aromatic heterocycles. The predicted octanol–water partition coefficient (Wildman–Crippen LogP) is 2.19. The first kappa shape index (κ1) is 23.4. The molecule has 1 heterocycles. The number of likely N-dealkylation sites (tertiary alicyclic amines) is 1. The van der Waals surface area contributed by atoms with E-state index < -0.39 is 0 Å². The van der Waals surface area contributed by atoms with Crippen LogP contribution in [0.1, 0.15) is 39.5 Å². The van der Waals surface area contributed by atoms with Crippen LogP contribution in [0.25, 0.3) is 0 Å². The zero-order valence-electron chi connectivity index (χ0n) is 15.9. The van der Waals surface area contributed by atoms with Crippen molar-refractivity contribution in [3.8, 4) is 0 Å². The number of piperidine rings is 1. The molecule has 1 aliphatic rings. The summed E-state index contributed by atoms with van der Waals surface area (Å²) < 4.78 is 5.11. The number of carbonyl (C=O) groups is 1. The van der Waals surface area contributed by atoms with Gasteiger partial charge in [-0.2, -0.15) is 0 Å². The van der Waals surface area contributed by atoms with Gasteiger partial charge in [-0.1, -0.05) is 20.3 Å². The molecule has 1 rings (SSSR count). The number of aliphatic imine (C=N–C) groups is 1. The molecule has 0 saturated carbocycles. The topological polar surface area (TPSA) is 57.2 Å². The molecule has 1 saturated heterocycles. The Labute approximate surface area is 164 Å². The van der Waals surface area contributed by atoms with E-state index in [0.717, 1.165) is 19.0 Å². The van der Waals surface area contributed by atoms with Gasteiger partial charge in [0.1, 0.15) is 6.54 Å². The first-order chi connectivity index (χ1) is 10.9. The molecule has 1 aliphatic heterocycles. The van der Waals surface area contributed by atoms with Crippen LogP contribution in [-0.2, 0) is 9.53 Å². The van der Waals surface area contributed by atoms with E-state index in [1.807, 2.05) is 0 Å². The third kappa shape index (κ3) is 8.00. The quantitative estimate of drug-likeness (QED) is 0.277. The maximum absolute atomic E-state index is 11.8. The summed E-state index contributed by atoms with van der Waals surface area (Å²) >= 11 is 0. The maximum Gasteiger partial charge on any atom is 0.243 e. The average molecular weight is 454 g/mol. The zero-order chi connectivity index (χ0) is 17.3. The summed E-state index contributed by atoms with van der Waals surface area (Å²) in [5, 5.41) is 3.34. The van der Waals surface area contributed by atoms with Gasteiger partial charge in [0, 0.05) is 40.8 Å². The van der Waals surface area contributed by atoms with Crippen molar-refractivity contribution in [1.82, 2.24) is 15.1 Å². The molecule has 7 heteroatoms. The van der Waals surface area contributed by atoms with E-state index in [2.05, 4.69) is 29.1 Å². The van der Waals surface area contributed by atoms with Gasteiger partial charge in [0.25, 0.3) is 0 Å². The number of methoxy groups -OCH3 is 1. The molecular weight excluding hydrogens is 419 g/mol. The lowest BCUT2D eigenvalue weighted by Crippen LogP contribution is -2.50. The highest BCUT2D eigenvalue weighted by Gasteiger charge is 2.31. The van der Waals surface area contributed by atoms with Gasteiger partial charge < -0.3 is 19.9 Å². The number of nitrogens with one attached hydrogen (secondary N) is 1. The number of hydrogen-bond acceptors (Lipinski definition) is 3. The molecule has 0 radical (unpaired) electrons. The Morgan fingerprint density at radius 1 is 1.42 bits per heavy atom. The van der Waals surface area contributed by atoms with Gasteiger partial charge in [-0.05, 0) is 24.7 Å². The summed E-state index contributed by atoms with van der Waals surface area (Å²) in [6.07, 6.45) is 4.86. The second-order valence-corrected chi connectivity index (χ2v) is 6.93. The number of ether oxygens (including phenoxy) is 1. The molecule has 1 fully saturated rings. The molecule has 0 aromatic rings. The van der Waals surface area contributed by atoms with Crippen molar-refractivity contribution >= 4 is 35.8 Å². The number of hydrogen-bond donors (Lipinski definition) is 1. The van der Waals surface area contributed by atoms with Crippen LogP contribution < -0.4 is 5.32 Å². The van der Waals surface area contributed by atoms with Crippen LogP contribution in [0.15, 0.2) is 4.99 Å². The van der Waals surface area contributed by atoms with E-state index in [0.29, 0.717) is 18.6 Å². The molecule has 24 heavy (non-hydrogen) atoms. The molecule has 1 atom stereocenters. The van der Waals surface area contributed by atoms with E-state index in [4.69, 9.17) is 4.74 Å². The molecule has 142 valence electrons. The van der Waals surface area contributed by atoms with Crippen LogP contribution in [0.2, 0.25) is 0 Å². The lowest BCUT2D eigenvalue weighted by molar-refractivity contribution is -0.127. The molecule has 0 spiro atoms. The lowest BCUT2D eigenvalue weighted by Gasteiger charge is -2.42. The Hall–Kier alpha value is -0.570. The highest BCUT2D eigenvalue weighted by Crippen LogP contribution is 2.33. The smallest absolute Gasteiger partial charge is 0.243 e. The lowest BCUT2D eigenvalue weighted by atomic mass is 9.78. The fraction of sp³-hybridized carbons (Fsp3) is 0.882. The third-order valence-electron chi connectivity index (χ3n) is 4.39. The first-order valence-electron chi connectivity index (χ1n) is 8.64. The molecule has 0 bridgehead atoms. The van der Waals surface area contributed by atoms with E-state index in [1.54, 1.807) is 26.1 Å². The van der Waals surface area contributed by atoms with Crippen LogP contribution in [-0.4, -0.2) is 75.7 Å². The number of guanidine groups is 1. The van der Waals surface area contributed by atoms with Gasteiger partial charge in [0.15, 0.2) is 5.96 Å². The van der Waals surface area contributed by atoms with Crippen LogP contribution in [0.4, 0.5) is 0 Å². The average Bonchev–Trinajstić information content (AvgIpc) is 2.50. The van der Waals surface area contributed by atoms with E-state index >= 15 is 0 Å². The van der Waals surface area contributed by atoms with E-state index in [1.165, 1.54) is 25.7 Å². The number of amides is 1.